The molecule has 43 heavy (non-hydrogen) atoms. The number of aliphatic hydroxyl groups excluding tert-OH is 3. The Bertz CT molecular complexity index is 652. The summed E-state index contributed by atoms with van der Waals surface area (Å²) in [5, 5.41) is 29.7. The molecule has 0 spiro atoms. The molecule has 0 amide bonds. The van der Waals surface area contributed by atoms with Gasteiger partial charge in [-0.1, -0.05) is 135 Å². The van der Waals surface area contributed by atoms with E-state index < -0.39 is 24.3 Å². The second-order valence-corrected chi connectivity index (χ2v) is 12.3. The van der Waals surface area contributed by atoms with Crippen molar-refractivity contribution in [2.45, 2.75) is 193 Å². The zero-order valence-corrected chi connectivity index (χ0v) is 28.0. The van der Waals surface area contributed by atoms with E-state index >= 15 is 0 Å². The third-order valence-corrected chi connectivity index (χ3v) is 8.01. The van der Waals surface area contributed by atoms with Gasteiger partial charge < -0.3 is 24.8 Å². The Morgan fingerprint density at radius 1 is 0.605 bits per heavy atom. The average molecular weight is 613 g/mol. The van der Waals surface area contributed by atoms with Crippen LogP contribution >= 0.6 is 0 Å². The fourth-order valence-corrected chi connectivity index (χ4v) is 5.11. The molecule has 7 heteroatoms. The lowest BCUT2D eigenvalue weighted by molar-refractivity contribution is -0.161. The van der Waals surface area contributed by atoms with Gasteiger partial charge in [-0.25, -0.2) is 0 Å². The van der Waals surface area contributed by atoms with E-state index in [-0.39, 0.29) is 25.6 Å². The van der Waals surface area contributed by atoms with Gasteiger partial charge >= 0.3 is 11.9 Å². The van der Waals surface area contributed by atoms with Gasteiger partial charge in [0.2, 0.25) is 0 Å². The highest BCUT2D eigenvalue weighted by Gasteiger charge is 2.16. The van der Waals surface area contributed by atoms with Crippen molar-refractivity contribution in [2.75, 3.05) is 13.2 Å². The van der Waals surface area contributed by atoms with Crippen molar-refractivity contribution in [3.63, 3.8) is 0 Å². The maximum Gasteiger partial charge on any atom is 0.306 e. The number of carbonyl (C=O) groups excluding carboxylic acids is 2. The summed E-state index contributed by atoms with van der Waals surface area (Å²) in [7, 11) is 0. The molecule has 0 radical (unpaired) electrons. The summed E-state index contributed by atoms with van der Waals surface area (Å²) in [6.07, 6.45) is 27.2. The highest BCUT2D eigenvalue weighted by molar-refractivity contribution is 5.70. The van der Waals surface area contributed by atoms with Gasteiger partial charge in [0.25, 0.3) is 0 Å². The van der Waals surface area contributed by atoms with Crippen LogP contribution in [0.1, 0.15) is 174 Å². The quantitative estimate of drug-likeness (QED) is 0.0396. The van der Waals surface area contributed by atoms with Crippen molar-refractivity contribution < 1.29 is 34.4 Å². The SMILES string of the molecule is CCCCC/C=C\C[C@H](O)[C@@H](O)CCCCCCCC(=O)O[C@@H](CO)COC(=O)CCCCCCCCCCCCCC. The van der Waals surface area contributed by atoms with Gasteiger partial charge in [-0.15, -0.1) is 0 Å². The lowest BCUT2D eigenvalue weighted by atomic mass is 10.0. The molecule has 0 saturated carbocycles. The maximum absolute atomic E-state index is 12.1. The van der Waals surface area contributed by atoms with Crippen LogP contribution in [0.4, 0.5) is 0 Å². The summed E-state index contributed by atoms with van der Waals surface area (Å²) >= 11 is 0. The third-order valence-electron chi connectivity index (χ3n) is 8.01. The molecule has 3 atom stereocenters. The van der Waals surface area contributed by atoms with Crippen LogP contribution in [0.25, 0.3) is 0 Å². The molecule has 0 aromatic rings. The number of hydrogen-bond acceptors (Lipinski definition) is 7. The molecule has 0 unspecified atom stereocenters. The van der Waals surface area contributed by atoms with Crippen molar-refractivity contribution in [3.8, 4) is 0 Å². The average Bonchev–Trinajstić information content (AvgIpc) is 3.00. The molecule has 0 aliphatic heterocycles. The molecular weight excluding hydrogens is 544 g/mol. The number of hydrogen-bond donors (Lipinski definition) is 3. The van der Waals surface area contributed by atoms with Gasteiger partial charge in [0.05, 0.1) is 18.8 Å². The van der Waals surface area contributed by atoms with E-state index in [9.17, 15) is 24.9 Å². The largest absolute Gasteiger partial charge is 0.462 e. The summed E-state index contributed by atoms with van der Waals surface area (Å²) < 4.78 is 10.5. The molecule has 0 rings (SSSR count). The molecule has 254 valence electrons. The molecule has 7 nitrogen and oxygen atoms in total. The predicted octanol–water partition coefficient (Wildman–Crippen LogP) is 8.50. The van der Waals surface area contributed by atoms with Crippen LogP contribution < -0.4 is 0 Å². The number of rotatable bonds is 32. The fraction of sp³-hybridized carbons (Fsp3) is 0.889. The summed E-state index contributed by atoms with van der Waals surface area (Å²) in [5.74, 6) is -0.699. The van der Waals surface area contributed by atoms with E-state index in [0.29, 0.717) is 25.7 Å². The van der Waals surface area contributed by atoms with Crippen LogP contribution in [0.2, 0.25) is 0 Å². The lowest BCUT2D eigenvalue weighted by Gasteiger charge is -2.16. The first-order valence-corrected chi connectivity index (χ1v) is 17.9. The minimum Gasteiger partial charge on any atom is -0.462 e. The number of aliphatic hydroxyl groups is 3. The molecule has 0 aromatic heterocycles. The summed E-state index contributed by atoms with van der Waals surface area (Å²) in [6, 6.07) is 0. The van der Waals surface area contributed by atoms with Crippen LogP contribution in [-0.2, 0) is 19.1 Å². The van der Waals surface area contributed by atoms with Gasteiger partial charge in [-0.2, -0.15) is 0 Å². The van der Waals surface area contributed by atoms with Crippen molar-refractivity contribution >= 4 is 11.9 Å². The van der Waals surface area contributed by atoms with Gasteiger partial charge in [0.1, 0.15) is 6.61 Å². The first-order valence-electron chi connectivity index (χ1n) is 17.9. The molecule has 0 bridgehead atoms. The number of unbranched alkanes of at least 4 members (excludes halogenated alkanes) is 18. The van der Waals surface area contributed by atoms with Crippen LogP contribution in [0.5, 0.6) is 0 Å². The molecule has 0 heterocycles. The maximum atomic E-state index is 12.1. The Balaban J connectivity index is 3.70. The predicted molar refractivity (Wildman–Crippen MR) is 176 cm³/mol. The Labute approximate surface area is 264 Å². The number of ether oxygens (including phenoxy) is 2. The summed E-state index contributed by atoms with van der Waals surface area (Å²) in [4.78, 5) is 24.1. The minimum absolute atomic E-state index is 0.109. The number of allylic oxidation sites excluding steroid dienone is 1. The van der Waals surface area contributed by atoms with Crippen molar-refractivity contribution in [1.82, 2.24) is 0 Å². The molecule has 0 aliphatic carbocycles. The zero-order valence-electron chi connectivity index (χ0n) is 28.0. The van der Waals surface area contributed by atoms with Crippen molar-refractivity contribution in [1.29, 1.82) is 0 Å². The van der Waals surface area contributed by atoms with Gasteiger partial charge in [0.15, 0.2) is 6.10 Å². The Morgan fingerprint density at radius 3 is 1.65 bits per heavy atom. The lowest BCUT2D eigenvalue weighted by Crippen LogP contribution is -2.28. The first-order chi connectivity index (χ1) is 20.9. The topological polar surface area (TPSA) is 113 Å². The molecule has 0 aliphatic rings. The fourth-order valence-electron chi connectivity index (χ4n) is 5.11. The van der Waals surface area contributed by atoms with E-state index in [1.807, 2.05) is 6.08 Å². The van der Waals surface area contributed by atoms with Crippen LogP contribution in [0.15, 0.2) is 12.2 Å². The van der Waals surface area contributed by atoms with E-state index in [4.69, 9.17) is 9.47 Å². The molecule has 0 aromatic carbocycles. The Kier molecular flexibility index (Phi) is 30.9. The molecule has 0 saturated heterocycles. The van der Waals surface area contributed by atoms with E-state index in [2.05, 4.69) is 19.9 Å². The number of carbonyl (C=O) groups is 2. The second kappa shape index (κ2) is 32.0. The van der Waals surface area contributed by atoms with Crippen molar-refractivity contribution in [2.24, 2.45) is 0 Å². The highest BCUT2D eigenvalue weighted by Crippen LogP contribution is 2.14. The van der Waals surface area contributed by atoms with Crippen molar-refractivity contribution in [3.05, 3.63) is 12.2 Å². The monoisotopic (exact) mass is 612 g/mol. The molecule has 3 N–H and O–H groups in total. The van der Waals surface area contributed by atoms with Gasteiger partial charge in [0, 0.05) is 12.8 Å². The zero-order chi connectivity index (χ0) is 31.8. The van der Waals surface area contributed by atoms with Crippen LogP contribution in [0, 0.1) is 0 Å². The van der Waals surface area contributed by atoms with E-state index in [0.717, 1.165) is 51.4 Å². The van der Waals surface area contributed by atoms with Crippen LogP contribution in [-0.4, -0.2) is 58.8 Å². The minimum atomic E-state index is -0.822. The standard InChI is InChI=1S/C36H68O7/c1-3-5-7-9-11-12-13-14-15-16-20-24-28-35(40)42-31-32(30-37)43-36(41)29-25-21-17-19-23-27-34(39)33(38)26-22-18-10-8-6-4-2/h18,22,32-34,37-39H,3-17,19-21,23-31H2,1-2H3/b22-18-/t32-,33-,34-/m0/s1. The van der Waals surface area contributed by atoms with E-state index in [1.54, 1.807) is 0 Å². The summed E-state index contributed by atoms with van der Waals surface area (Å²) in [5.41, 5.74) is 0. The van der Waals surface area contributed by atoms with E-state index in [1.165, 1.54) is 77.0 Å². The third kappa shape index (κ3) is 29.1. The summed E-state index contributed by atoms with van der Waals surface area (Å²) in [6.45, 7) is 3.94. The second-order valence-electron chi connectivity index (χ2n) is 12.3. The van der Waals surface area contributed by atoms with Gasteiger partial charge in [-0.3, -0.25) is 9.59 Å². The van der Waals surface area contributed by atoms with Gasteiger partial charge in [-0.05, 0) is 38.5 Å². The first kappa shape index (κ1) is 41.6. The smallest absolute Gasteiger partial charge is 0.306 e. The number of esters is 2. The Morgan fingerprint density at radius 2 is 1.09 bits per heavy atom. The Hall–Kier alpha value is -1.44. The molecular formula is C36H68O7. The normalized spacial score (nSPS) is 13.7. The van der Waals surface area contributed by atoms with Crippen LogP contribution in [0.3, 0.4) is 0 Å². The molecule has 0 fully saturated rings. The highest BCUT2D eigenvalue weighted by atomic mass is 16.6.